The first-order valence-electron chi connectivity index (χ1n) is 2.14. The molecule has 1 heteroatoms. The molecule has 0 heterocycles. The van der Waals surface area contributed by atoms with Gasteiger partial charge in [-0.1, -0.05) is 0 Å². The molecule has 0 nitrogen and oxygen atoms in total. The zero-order valence-corrected chi connectivity index (χ0v) is 6.44. The second kappa shape index (κ2) is 5.53. The molecule has 0 bridgehead atoms. The summed E-state index contributed by atoms with van der Waals surface area (Å²) in [5, 5.41) is 0. The molecule has 0 aromatic rings. The minimum absolute atomic E-state index is 0.249. The maximum absolute atomic E-state index is 3.66. The van der Waals surface area contributed by atoms with Crippen LogP contribution in [0.1, 0.15) is 13.3 Å². The van der Waals surface area contributed by atoms with E-state index in [1.54, 1.807) is 0 Å². The van der Waals surface area contributed by atoms with E-state index in [-0.39, 0.29) is 20.9 Å². The zero-order valence-electron chi connectivity index (χ0n) is 4.11. The Kier molecular flexibility index (Phi) is 6.02. The van der Waals surface area contributed by atoms with Crippen LogP contribution in [-0.4, -0.2) is 20.9 Å². The van der Waals surface area contributed by atoms with E-state index in [0.29, 0.717) is 0 Å². The van der Waals surface area contributed by atoms with Gasteiger partial charge in [-0.2, -0.15) is 0 Å². The van der Waals surface area contributed by atoms with Crippen LogP contribution in [0.4, 0.5) is 0 Å². The first-order chi connectivity index (χ1) is 2.91. The molecule has 0 aliphatic heterocycles. The Bertz CT molecular complexity index is 32.9. The zero-order chi connectivity index (χ0) is 4.83. The van der Waals surface area contributed by atoms with Gasteiger partial charge in [0.1, 0.15) is 0 Å². The van der Waals surface area contributed by atoms with Crippen LogP contribution in [0.5, 0.6) is 0 Å². The van der Waals surface area contributed by atoms with E-state index in [1.165, 1.54) is 10.9 Å². The van der Waals surface area contributed by atoms with Crippen LogP contribution in [0.3, 0.4) is 0 Å². The number of hydrogen-bond donors (Lipinski definition) is 0. The van der Waals surface area contributed by atoms with Crippen molar-refractivity contribution in [2.45, 2.75) is 17.8 Å². The molecule has 0 N–H and O–H groups in total. The summed E-state index contributed by atoms with van der Waals surface area (Å²) in [7, 11) is 0. The normalized spacial score (nSPS) is 8.17. The van der Waals surface area contributed by atoms with Gasteiger partial charge in [0.25, 0.3) is 0 Å². The van der Waals surface area contributed by atoms with Gasteiger partial charge in [0.05, 0.1) is 0 Å². The van der Waals surface area contributed by atoms with Crippen molar-refractivity contribution in [3.8, 4) is 0 Å². The summed E-state index contributed by atoms with van der Waals surface area (Å²) in [4.78, 5) is 0. The number of hydrogen-bond acceptors (Lipinski definition) is 0. The van der Waals surface area contributed by atoms with E-state index >= 15 is 0 Å². The average Bonchev–Trinajstić information content (AvgIpc) is 1.61. The summed E-state index contributed by atoms with van der Waals surface area (Å²) in [5.41, 5.74) is 0. The fourth-order valence-corrected chi connectivity index (χ4v) is 1.35. The summed E-state index contributed by atoms with van der Waals surface area (Å²) >= 11 is 0.249. The molecule has 0 saturated carbocycles. The summed E-state index contributed by atoms with van der Waals surface area (Å²) in [5.74, 6) is 0. The van der Waals surface area contributed by atoms with Crippen LogP contribution in [0.2, 0.25) is 4.47 Å². The molecule has 0 saturated heterocycles. The Morgan fingerprint density at radius 3 is 2.67 bits per heavy atom. The summed E-state index contributed by atoms with van der Waals surface area (Å²) in [6.45, 7) is 5.87. The topological polar surface area (TPSA) is 0 Å². The van der Waals surface area contributed by atoms with Crippen LogP contribution >= 0.6 is 0 Å². The Labute approximate surface area is 49.7 Å². The van der Waals surface area contributed by atoms with Crippen molar-refractivity contribution in [3.05, 3.63) is 10.7 Å². The van der Waals surface area contributed by atoms with Crippen molar-refractivity contribution in [1.29, 1.82) is 0 Å². The predicted octanol–water partition coefficient (Wildman–Crippen LogP) is 1.66. The standard InChI is InChI=1S/C5H10Te/c1-3-5-6-4-2/h4H,2-3,5H2,1H3. The third kappa shape index (κ3) is 4.53. The predicted molar refractivity (Wildman–Crippen MR) is 31.0 cm³/mol. The molecular formula is C5H10Te. The molecular weight excluding hydrogens is 188 g/mol. The first kappa shape index (κ1) is 6.53. The molecule has 0 radical (unpaired) electrons. The van der Waals surface area contributed by atoms with E-state index in [2.05, 4.69) is 17.6 Å². The molecule has 6 heavy (non-hydrogen) atoms. The first-order valence-corrected chi connectivity index (χ1v) is 5.13. The Balaban J connectivity index is 2.49. The third-order valence-corrected chi connectivity index (χ3v) is 2.95. The van der Waals surface area contributed by atoms with E-state index in [9.17, 15) is 0 Å². The van der Waals surface area contributed by atoms with Crippen LogP contribution in [0, 0.1) is 0 Å². The third-order valence-electron chi connectivity index (χ3n) is 0.440. The van der Waals surface area contributed by atoms with E-state index in [0.717, 1.165) is 0 Å². The molecule has 0 aliphatic carbocycles. The van der Waals surface area contributed by atoms with Crippen LogP contribution in [0.25, 0.3) is 0 Å². The van der Waals surface area contributed by atoms with Gasteiger partial charge in [0.15, 0.2) is 0 Å². The summed E-state index contributed by atoms with van der Waals surface area (Å²) in [6, 6.07) is 0. The van der Waals surface area contributed by atoms with Gasteiger partial charge >= 0.3 is 49.4 Å². The molecule has 0 atom stereocenters. The van der Waals surface area contributed by atoms with Crippen molar-refractivity contribution in [2.24, 2.45) is 0 Å². The number of rotatable bonds is 3. The second-order valence-electron chi connectivity index (χ2n) is 1.04. The van der Waals surface area contributed by atoms with Crippen molar-refractivity contribution in [1.82, 2.24) is 0 Å². The quantitative estimate of drug-likeness (QED) is 0.477. The van der Waals surface area contributed by atoms with Gasteiger partial charge in [-0.15, -0.1) is 0 Å². The fourth-order valence-electron chi connectivity index (χ4n) is 0.201. The SMILES string of the molecule is C=C[Te]CCC. The van der Waals surface area contributed by atoms with Crippen LogP contribution < -0.4 is 0 Å². The van der Waals surface area contributed by atoms with Gasteiger partial charge in [-0.3, -0.25) is 0 Å². The average molecular weight is 198 g/mol. The molecule has 0 aliphatic rings. The molecule has 0 amide bonds. The van der Waals surface area contributed by atoms with Gasteiger partial charge in [0, 0.05) is 0 Å². The minimum atomic E-state index is 0.249. The summed E-state index contributed by atoms with van der Waals surface area (Å²) < 4.78 is 3.52. The van der Waals surface area contributed by atoms with Crippen LogP contribution in [0.15, 0.2) is 10.7 Å². The monoisotopic (exact) mass is 200 g/mol. The molecule has 36 valence electrons. The Morgan fingerprint density at radius 1 is 1.83 bits per heavy atom. The van der Waals surface area contributed by atoms with Gasteiger partial charge in [-0.25, -0.2) is 0 Å². The summed E-state index contributed by atoms with van der Waals surface area (Å²) in [6.07, 6.45) is 1.34. The van der Waals surface area contributed by atoms with Gasteiger partial charge < -0.3 is 0 Å². The molecule has 0 fully saturated rings. The second-order valence-corrected chi connectivity index (χ2v) is 4.11. The molecule has 0 spiro atoms. The van der Waals surface area contributed by atoms with Crippen molar-refractivity contribution in [3.63, 3.8) is 0 Å². The Morgan fingerprint density at radius 2 is 2.50 bits per heavy atom. The van der Waals surface area contributed by atoms with E-state index < -0.39 is 0 Å². The van der Waals surface area contributed by atoms with E-state index in [1.807, 2.05) is 0 Å². The van der Waals surface area contributed by atoms with Gasteiger partial charge in [-0.05, 0) is 0 Å². The van der Waals surface area contributed by atoms with Gasteiger partial charge in [0.2, 0.25) is 0 Å². The molecule has 0 unspecified atom stereocenters. The Hall–Kier alpha value is 0.530. The molecule has 0 aromatic heterocycles. The maximum atomic E-state index is 3.66. The van der Waals surface area contributed by atoms with Crippen LogP contribution in [-0.2, 0) is 0 Å². The van der Waals surface area contributed by atoms with Crippen molar-refractivity contribution >= 4 is 20.9 Å². The molecule has 0 aromatic carbocycles. The van der Waals surface area contributed by atoms with E-state index in [4.69, 9.17) is 0 Å². The van der Waals surface area contributed by atoms with Crippen molar-refractivity contribution in [2.75, 3.05) is 0 Å². The van der Waals surface area contributed by atoms with Crippen molar-refractivity contribution < 1.29 is 0 Å². The molecule has 0 rings (SSSR count). The fraction of sp³-hybridized carbons (Fsp3) is 0.600.